The first-order chi connectivity index (χ1) is 5.65. The fourth-order valence-electron chi connectivity index (χ4n) is 1.55. The average Bonchev–Trinajstić information content (AvgIpc) is 2.37. The van der Waals surface area contributed by atoms with Gasteiger partial charge in [-0.25, -0.2) is 4.79 Å². The third-order valence-corrected chi connectivity index (χ3v) is 2.21. The highest BCUT2D eigenvalue weighted by molar-refractivity contribution is 5.92. The second-order valence-corrected chi connectivity index (χ2v) is 3.24. The van der Waals surface area contributed by atoms with E-state index in [1.54, 1.807) is 6.07 Å². The minimum absolute atomic E-state index is 0.0423. The molecule has 1 fully saturated rings. The lowest BCUT2D eigenvalue weighted by atomic mass is 10.1. The molecule has 0 aromatic rings. The van der Waals surface area contributed by atoms with Gasteiger partial charge < -0.3 is 5.11 Å². The fraction of sp³-hybridized carbons (Fsp3) is 0.556. The molecule has 1 atom stereocenters. The molecule has 1 N–H and O–H groups in total. The van der Waals surface area contributed by atoms with Crippen LogP contribution in [0.1, 0.15) is 26.2 Å². The van der Waals surface area contributed by atoms with Crippen molar-refractivity contribution in [1.82, 2.24) is 0 Å². The number of carbonyl (C=O) groups is 1. The molecule has 1 saturated carbocycles. The van der Waals surface area contributed by atoms with E-state index in [-0.39, 0.29) is 5.57 Å². The van der Waals surface area contributed by atoms with Crippen LogP contribution in [0.3, 0.4) is 0 Å². The summed E-state index contributed by atoms with van der Waals surface area (Å²) in [5.74, 6) is -0.552. The van der Waals surface area contributed by atoms with Gasteiger partial charge >= 0.3 is 5.97 Å². The molecule has 3 nitrogen and oxygen atoms in total. The normalized spacial score (nSPS) is 26.5. The zero-order valence-corrected chi connectivity index (χ0v) is 7.00. The maximum atomic E-state index is 10.5. The molecule has 64 valence electrons. The summed E-state index contributed by atoms with van der Waals surface area (Å²) in [5, 5.41) is 17.2. The third-order valence-electron chi connectivity index (χ3n) is 2.21. The number of nitrogens with zero attached hydrogens (tertiary/aromatic N) is 1. The number of hydrogen-bond donors (Lipinski definition) is 1. The number of nitriles is 1. The molecule has 3 heteroatoms. The Balaban J connectivity index is 2.89. The van der Waals surface area contributed by atoms with Crippen molar-refractivity contribution in [2.75, 3.05) is 0 Å². The number of carboxylic acids is 1. The summed E-state index contributed by atoms with van der Waals surface area (Å²) in [6, 6.07) is 1.74. The first-order valence-electron chi connectivity index (χ1n) is 4.00. The fourth-order valence-corrected chi connectivity index (χ4v) is 1.55. The number of allylic oxidation sites excluding steroid dienone is 1. The van der Waals surface area contributed by atoms with E-state index in [2.05, 4.69) is 6.92 Å². The molecule has 0 radical (unpaired) electrons. The van der Waals surface area contributed by atoms with E-state index in [1.807, 2.05) is 0 Å². The van der Waals surface area contributed by atoms with Gasteiger partial charge in [0, 0.05) is 0 Å². The number of hydrogen-bond acceptors (Lipinski definition) is 2. The van der Waals surface area contributed by atoms with Crippen LogP contribution >= 0.6 is 0 Å². The first-order valence-corrected chi connectivity index (χ1v) is 4.00. The van der Waals surface area contributed by atoms with Gasteiger partial charge in [0.05, 0.1) is 0 Å². The van der Waals surface area contributed by atoms with E-state index in [1.165, 1.54) is 0 Å². The molecule has 12 heavy (non-hydrogen) atoms. The van der Waals surface area contributed by atoms with Crippen LogP contribution in [-0.2, 0) is 4.79 Å². The Kier molecular flexibility index (Phi) is 2.49. The molecule has 0 bridgehead atoms. The van der Waals surface area contributed by atoms with Gasteiger partial charge in [-0.15, -0.1) is 0 Å². The molecule has 0 saturated heterocycles. The van der Waals surface area contributed by atoms with Gasteiger partial charge in [-0.05, 0) is 30.8 Å². The Hall–Kier alpha value is -1.30. The van der Waals surface area contributed by atoms with Crippen LogP contribution in [-0.4, -0.2) is 11.1 Å². The Bertz CT molecular complexity index is 273. The monoisotopic (exact) mass is 165 g/mol. The van der Waals surface area contributed by atoms with Crippen molar-refractivity contribution in [2.24, 2.45) is 5.92 Å². The van der Waals surface area contributed by atoms with Crippen molar-refractivity contribution in [3.8, 4) is 6.07 Å². The molecule has 1 unspecified atom stereocenters. The van der Waals surface area contributed by atoms with Crippen LogP contribution in [0, 0.1) is 17.2 Å². The molecule has 0 heterocycles. The van der Waals surface area contributed by atoms with Crippen LogP contribution in [0.15, 0.2) is 11.1 Å². The summed E-state index contributed by atoms with van der Waals surface area (Å²) in [4.78, 5) is 10.5. The number of aliphatic carboxylic acids is 1. The SMILES string of the molecule is CC1CC/C(=C(/C#N)C(=O)O)C1. The molecule has 0 aromatic carbocycles. The molecule has 0 amide bonds. The summed E-state index contributed by atoms with van der Waals surface area (Å²) >= 11 is 0. The van der Waals surface area contributed by atoms with E-state index >= 15 is 0 Å². The Labute approximate surface area is 71.3 Å². The average molecular weight is 165 g/mol. The molecule has 0 aliphatic heterocycles. The van der Waals surface area contributed by atoms with E-state index in [0.29, 0.717) is 5.92 Å². The van der Waals surface area contributed by atoms with Gasteiger partial charge in [0.1, 0.15) is 11.6 Å². The topological polar surface area (TPSA) is 61.1 Å². The lowest BCUT2D eigenvalue weighted by Crippen LogP contribution is -2.01. The molecular weight excluding hydrogens is 154 g/mol. The van der Waals surface area contributed by atoms with Crippen LogP contribution in [0.25, 0.3) is 0 Å². The number of rotatable bonds is 1. The Morgan fingerprint density at radius 1 is 1.75 bits per heavy atom. The summed E-state index contributed by atoms with van der Waals surface area (Å²) in [6.45, 7) is 2.07. The zero-order chi connectivity index (χ0) is 9.14. The minimum Gasteiger partial charge on any atom is -0.477 e. The van der Waals surface area contributed by atoms with Crippen LogP contribution in [0.4, 0.5) is 0 Å². The molecule has 1 rings (SSSR count). The standard InChI is InChI=1S/C9H11NO2/c1-6-2-3-7(4-6)8(5-10)9(11)12/h6H,2-4H2,1H3,(H,11,12)/b8-7+. The van der Waals surface area contributed by atoms with Crippen molar-refractivity contribution in [1.29, 1.82) is 5.26 Å². The highest BCUT2D eigenvalue weighted by Crippen LogP contribution is 2.31. The predicted molar refractivity (Wildman–Crippen MR) is 43.3 cm³/mol. The molecular formula is C9H11NO2. The molecule has 1 aliphatic carbocycles. The van der Waals surface area contributed by atoms with Crippen molar-refractivity contribution < 1.29 is 9.90 Å². The van der Waals surface area contributed by atoms with E-state index in [9.17, 15) is 4.79 Å². The lowest BCUT2D eigenvalue weighted by Gasteiger charge is -1.97. The van der Waals surface area contributed by atoms with Crippen molar-refractivity contribution in [3.63, 3.8) is 0 Å². The quantitative estimate of drug-likeness (QED) is 0.475. The zero-order valence-electron chi connectivity index (χ0n) is 7.00. The second kappa shape index (κ2) is 3.40. The second-order valence-electron chi connectivity index (χ2n) is 3.24. The molecule has 0 aromatic heterocycles. The predicted octanol–water partition coefficient (Wildman–Crippen LogP) is 1.71. The van der Waals surface area contributed by atoms with Crippen molar-refractivity contribution in [3.05, 3.63) is 11.1 Å². The van der Waals surface area contributed by atoms with Gasteiger partial charge in [-0.2, -0.15) is 5.26 Å². The Morgan fingerprint density at radius 3 is 2.75 bits per heavy atom. The highest BCUT2D eigenvalue weighted by Gasteiger charge is 2.21. The van der Waals surface area contributed by atoms with Crippen LogP contribution < -0.4 is 0 Å². The number of carboxylic acid groups (broad SMARTS) is 1. The summed E-state index contributed by atoms with van der Waals surface area (Å²) in [7, 11) is 0. The first kappa shape index (κ1) is 8.79. The smallest absolute Gasteiger partial charge is 0.346 e. The summed E-state index contributed by atoms with van der Waals surface area (Å²) in [5.41, 5.74) is 0.775. The Morgan fingerprint density at radius 2 is 2.42 bits per heavy atom. The van der Waals surface area contributed by atoms with Gasteiger partial charge in [0.15, 0.2) is 0 Å². The van der Waals surface area contributed by atoms with E-state index in [0.717, 1.165) is 24.8 Å². The highest BCUT2D eigenvalue weighted by atomic mass is 16.4. The van der Waals surface area contributed by atoms with E-state index < -0.39 is 5.97 Å². The minimum atomic E-state index is -1.08. The van der Waals surface area contributed by atoms with Gasteiger partial charge in [0.2, 0.25) is 0 Å². The van der Waals surface area contributed by atoms with Gasteiger partial charge in [-0.1, -0.05) is 6.92 Å². The summed E-state index contributed by atoms with van der Waals surface area (Å²) < 4.78 is 0. The lowest BCUT2D eigenvalue weighted by molar-refractivity contribution is -0.132. The van der Waals surface area contributed by atoms with Gasteiger partial charge in [-0.3, -0.25) is 0 Å². The maximum absolute atomic E-state index is 10.5. The molecule has 0 spiro atoms. The van der Waals surface area contributed by atoms with Gasteiger partial charge in [0.25, 0.3) is 0 Å². The molecule has 1 aliphatic rings. The van der Waals surface area contributed by atoms with Crippen LogP contribution in [0.2, 0.25) is 0 Å². The van der Waals surface area contributed by atoms with Crippen LogP contribution in [0.5, 0.6) is 0 Å². The summed E-state index contributed by atoms with van der Waals surface area (Å²) in [6.07, 6.45) is 2.55. The van der Waals surface area contributed by atoms with Crippen molar-refractivity contribution in [2.45, 2.75) is 26.2 Å². The maximum Gasteiger partial charge on any atom is 0.346 e. The largest absolute Gasteiger partial charge is 0.477 e. The van der Waals surface area contributed by atoms with E-state index in [4.69, 9.17) is 10.4 Å². The third kappa shape index (κ3) is 1.65. The van der Waals surface area contributed by atoms with Crippen molar-refractivity contribution >= 4 is 5.97 Å².